The summed E-state index contributed by atoms with van der Waals surface area (Å²) in [6.45, 7) is 6.05. The number of esters is 1. The van der Waals surface area contributed by atoms with Gasteiger partial charge in [-0.25, -0.2) is 9.79 Å². The number of carbonyl (C=O) groups excluding carboxylic acids is 1. The Morgan fingerprint density at radius 1 is 1.17 bits per heavy atom. The number of halogens is 1. The lowest BCUT2D eigenvalue weighted by atomic mass is 9.95. The van der Waals surface area contributed by atoms with Gasteiger partial charge in [-0.2, -0.15) is 0 Å². The third kappa shape index (κ3) is 4.83. The molecule has 9 heteroatoms. The number of benzene rings is 2. The van der Waals surface area contributed by atoms with E-state index in [4.69, 9.17) is 14.2 Å². The van der Waals surface area contributed by atoms with Crippen LogP contribution in [0.3, 0.4) is 0 Å². The van der Waals surface area contributed by atoms with Crippen LogP contribution in [0, 0.1) is 0 Å². The molecule has 1 aliphatic heterocycles. The zero-order valence-electron chi connectivity index (χ0n) is 19.8. The number of hydrogen-bond donors (Lipinski definition) is 0. The number of hydrogen-bond acceptors (Lipinski definition) is 7. The van der Waals surface area contributed by atoms with E-state index < -0.39 is 12.0 Å². The number of methoxy groups -OCH3 is 1. The van der Waals surface area contributed by atoms with Crippen molar-refractivity contribution in [2.45, 2.75) is 26.8 Å². The third-order valence-electron chi connectivity index (χ3n) is 5.49. The maximum Gasteiger partial charge on any atom is 0.338 e. The Balaban J connectivity index is 2.00. The molecule has 0 N–H and O–H groups in total. The summed E-state index contributed by atoms with van der Waals surface area (Å²) in [4.78, 5) is 31.9. The first-order valence-electron chi connectivity index (χ1n) is 11.1. The van der Waals surface area contributed by atoms with Gasteiger partial charge in [-0.3, -0.25) is 9.36 Å². The lowest BCUT2D eigenvalue weighted by Gasteiger charge is -2.26. The van der Waals surface area contributed by atoms with E-state index in [9.17, 15) is 9.59 Å². The second-order valence-electron chi connectivity index (χ2n) is 7.67. The highest BCUT2D eigenvalue weighted by Crippen LogP contribution is 2.40. The number of nitrogens with zero attached hydrogens (tertiary/aromatic N) is 2. The molecule has 3 aromatic rings. The monoisotopic (exact) mass is 556 g/mol. The molecule has 0 unspecified atom stereocenters. The second kappa shape index (κ2) is 10.6. The number of thiazole rings is 1. The number of allylic oxidation sites excluding steroid dienone is 1. The van der Waals surface area contributed by atoms with Crippen LogP contribution in [0.2, 0.25) is 0 Å². The van der Waals surface area contributed by atoms with Crippen LogP contribution in [0.5, 0.6) is 11.5 Å². The van der Waals surface area contributed by atoms with Gasteiger partial charge in [0.15, 0.2) is 16.3 Å². The number of rotatable bonds is 7. The van der Waals surface area contributed by atoms with Crippen LogP contribution < -0.4 is 24.4 Å². The van der Waals surface area contributed by atoms with Gasteiger partial charge >= 0.3 is 5.97 Å². The van der Waals surface area contributed by atoms with Gasteiger partial charge in [0.05, 0.1) is 42.2 Å². The van der Waals surface area contributed by atoms with Crippen molar-refractivity contribution < 1.29 is 19.0 Å². The van der Waals surface area contributed by atoms with Crippen molar-refractivity contribution in [1.29, 1.82) is 0 Å². The van der Waals surface area contributed by atoms with Crippen LogP contribution >= 0.6 is 27.3 Å². The zero-order chi connectivity index (χ0) is 25.1. The van der Waals surface area contributed by atoms with E-state index in [-0.39, 0.29) is 12.2 Å². The highest BCUT2D eigenvalue weighted by atomic mass is 79.9. The summed E-state index contributed by atoms with van der Waals surface area (Å²) in [6, 6.07) is 12.4. The standard InChI is InChI=1S/C26H25BrN2O5S/c1-5-33-20-14-18(27)17(13-19(20)32-4)23-22(25(31)34-6-2)15(3)28-26-29(23)24(30)21(35-26)12-16-10-8-7-9-11-16/h7-14,23H,5-6H2,1-4H3/b21-12+/t23-/m0/s1. The van der Waals surface area contributed by atoms with Crippen molar-refractivity contribution in [3.05, 3.63) is 89.0 Å². The summed E-state index contributed by atoms with van der Waals surface area (Å²) >= 11 is 4.91. The Hall–Kier alpha value is -3.17. The molecule has 35 heavy (non-hydrogen) atoms. The van der Waals surface area contributed by atoms with Crippen molar-refractivity contribution in [2.75, 3.05) is 20.3 Å². The maximum absolute atomic E-state index is 13.7. The Morgan fingerprint density at radius 3 is 2.57 bits per heavy atom. The molecule has 0 aliphatic carbocycles. The molecule has 0 spiro atoms. The van der Waals surface area contributed by atoms with Gasteiger partial charge in [-0.05, 0) is 50.1 Å². The van der Waals surface area contributed by atoms with Crippen molar-refractivity contribution in [3.63, 3.8) is 0 Å². The smallest absolute Gasteiger partial charge is 0.338 e. The lowest BCUT2D eigenvalue weighted by molar-refractivity contribution is -0.139. The molecule has 0 radical (unpaired) electrons. The van der Waals surface area contributed by atoms with Crippen molar-refractivity contribution in [3.8, 4) is 11.5 Å². The van der Waals surface area contributed by atoms with Gasteiger partial charge in [-0.1, -0.05) is 57.6 Å². The van der Waals surface area contributed by atoms with Gasteiger partial charge in [0.1, 0.15) is 0 Å². The molecule has 2 heterocycles. The van der Waals surface area contributed by atoms with E-state index in [1.807, 2.05) is 43.3 Å². The van der Waals surface area contributed by atoms with E-state index in [0.29, 0.717) is 48.7 Å². The molecular weight excluding hydrogens is 532 g/mol. The summed E-state index contributed by atoms with van der Waals surface area (Å²) < 4.78 is 19.4. The normalized spacial score (nSPS) is 15.5. The van der Waals surface area contributed by atoms with Gasteiger partial charge in [0, 0.05) is 4.47 Å². The van der Waals surface area contributed by atoms with Gasteiger partial charge < -0.3 is 14.2 Å². The van der Waals surface area contributed by atoms with E-state index in [2.05, 4.69) is 20.9 Å². The molecule has 0 saturated carbocycles. The van der Waals surface area contributed by atoms with Crippen LogP contribution in [0.25, 0.3) is 6.08 Å². The molecule has 0 fully saturated rings. The number of ether oxygens (including phenoxy) is 3. The number of fused-ring (bicyclic) bond motifs is 1. The van der Waals surface area contributed by atoms with Crippen molar-refractivity contribution in [2.24, 2.45) is 4.99 Å². The first-order chi connectivity index (χ1) is 16.9. The van der Waals surface area contributed by atoms with Crippen LogP contribution in [0.4, 0.5) is 0 Å². The fourth-order valence-electron chi connectivity index (χ4n) is 3.97. The Kier molecular flexibility index (Phi) is 7.57. The molecule has 0 bridgehead atoms. The molecule has 7 nitrogen and oxygen atoms in total. The van der Waals surface area contributed by atoms with Crippen LogP contribution in [0.15, 0.2) is 68.0 Å². The predicted molar refractivity (Wildman–Crippen MR) is 139 cm³/mol. The molecule has 4 rings (SSSR count). The summed E-state index contributed by atoms with van der Waals surface area (Å²) in [7, 11) is 1.55. The highest BCUT2D eigenvalue weighted by molar-refractivity contribution is 9.10. The topological polar surface area (TPSA) is 79.1 Å². The van der Waals surface area contributed by atoms with Crippen molar-refractivity contribution >= 4 is 39.3 Å². The largest absolute Gasteiger partial charge is 0.493 e. The number of carbonyl (C=O) groups is 1. The molecule has 1 aliphatic rings. The minimum Gasteiger partial charge on any atom is -0.493 e. The fraction of sp³-hybridized carbons (Fsp3) is 0.269. The highest BCUT2D eigenvalue weighted by Gasteiger charge is 2.35. The minimum atomic E-state index is -0.762. The van der Waals surface area contributed by atoms with Crippen LogP contribution in [0.1, 0.15) is 37.9 Å². The van der Waals surface area contributed by atoms with Crippen LogP contribution in [-0.4, -0.2) is 30.9 Å². The summed E-state index contributed by atoms with van der Waals surface area (Å²) in [5.74, 6) is 0.533. The molecule has 1 aromatic heterocycles. The fourth-order valence-corrected chi connectivity index (χ4v) is 5.56. The van der Waals surface area contributed by atoms with Gasteiger partial charge in [-0.15, -0.1) is 0 Å². The first-order valence-corrected chi connectivity index (χ1v) is 12.7. The zero-order valence-corrected chi connectivity index (χ0v) is 22.2. The predicted octanol–water partition coefficient (Wildman–Crippen LogP) is 3.97. The second-order valence-corrected chi connectivity index (χ2v) is 9.53. The minimum absolute atomic E-state index is 0.203. The summed E-state index contributed by atoms with van der Waals surface area (Å²) in [5.41, 5.74) is 2.13. The first kappa shape index (κ1) is 24.9. The lowest BCUT2D eigenvalue weighted by Crippen LogP contribution is -2.40. The quantitative estimate of drug-likeness (QED) is 0.411. The van der Waals surface area contributed by atoms with E-state index in [1.54, 1.807) is 37.7 Å². The molecule has 182 valence electrons. The van der Waals surface area contributed by atoms with Gasteiger partial charge in [0.2, 0.25) is 0 Å². The third-order valence-corrected chi connectivity index (χ3v) is 7.16. The van der Waals surface area contributed by atoms with Crippen molar-refractivity contribution in [1.82, 2.24) is 4.57 Å². The van der Waals surface area contributed by atoms with Gasteiger partial charge in [0.25, 0.3) is 5.56 Å². The van der Waals surface area contributed by atoms with E-state index >= 15 is 0 Å². The molecule has 0 saturated heterocycles. The molecule has 1 atom stereocenters. The molecular formula is C26H25BrN2O5S. The number of aromatic nitrogens is 1. The summed E-state index contributed by atoms with van der Waals surface area (Å²) in [5, 5.41) is 0. The van der Waals surface area contributed by atoms with E-state index in [0.717, 1.165) is 5.56 Å². The Labute approximate surface area is 215 Å². The van der Waals surface area contributed by atoms with E-state index in [1.165, 1.54) is 11.3 Å². The Morgan fingerprint density at radius 2 is 1.91 bits per heavy atom. The van der Waals surface area contributed by atoms with Crippen LogP contribution in [-0.2, 0) is 9.53 Å². The Bertz CT molecular complexity index is 1470. The SMILES string of the molecule is CCOC(=O)C1=C(C)N=c2s/c(=C/c3ccccc3)c(=O)n2[C@H]1c1cc(OC)c(OCC)cc1Br. The average molecular weight is 557 g/mol. The average Bonchev–Trinajstić information content (AvgIpc) is 3.14. The molecule has 0 amide bonds. The summed E-state index contributed by atoms with van der Waals surface area (Å²) in [6.07, 6.45) is 1.83. The molecule has 2 aromatic carbocycles. The maximum atomic E-state index is 13.7.